The Hall–Kier alpha value is -1.64. The number of ketones is 1. The molecule has 1 aromatic rings. The van der Waals surface area contributed by atoms with Crippen molar-refractivity contribution in [2.45, 2.75) is 64.7 Å². The molecular formula is C20H26O3. The Labute approximate surface area is 138 Å². The zero-order valence-corrected chi connectivity index (χ0v) is 14.5. The second-order valence-electron chi connectivity index (χ2n) is 8.19. The maximum Gasteiger partial charge on any atom is 0.163 e. The summed E-state index contributed by atoms with van der Waals surface area (Å²) in [4.78, 5) is 24.5. The van der Waals surface area contributed by atoms with Crippen LogP contribution in [0.4, 0.5) is 0 Å². The lowest BCUT2D eigenvalue weighted by Crippen LogP contribution is -2.51. The third kappa shape index (κ3) is 2.24. The van der Waals surface area contributed by atoms with E-state index in [1.165, 1.54) is 0 Å². The predicted molar refractivity (Wildman–Crippen MR) is 90.0 cm³/mol. The molecule has 1 aromatic carbocycles. The van der Waals surface area contributed by atoms with E-state index < -0.39 is 5.41 Å². The monoisotopic (exact) mass is 314 g/mol. The minimum atomic E-state index is -0.452. The highest BCUT2D eigenvalue weighted by Crippen LogP contribution is 2.57. The lowest BCUT2D eigenvalue weighted by Gasteiger charge is -2.53. The first-order chi connectivity index (χ1) is 10.7. The maximum atomic E-state index is 12.8. The van der Waals surface area contributed by atoms with Gasteiger partial charge in [0.25, 0.3) is 0 Å². The van der Waals surface area contributed by atoms with Gasteiger partial charge in [0.05, 0.1) is 0 Å². The minimum absolute atomic E-state index is 0.0190. The Morgan fingerprint density at radius 1 is 1.26 bits per heavy atom. The van der Waals surface area contributed by atoms with Crippen molar-refractivity contribution in [2.75, 3.05) is 0 Å². The van der Waals surface area contributed by atoms with Crippen molar-refractivity contribution in [3.63, 3.8) is 0 Å². The number of rotatable bonds is 2. The van der Waals surface area contributed by atoms with Crippen molar-refractivity contribution in [1.29, 1.82) is 0 Å². The summed E-state index contributed by atoms with van der Waals surface area (Å²) in [6.45, 7) is 8.19. The summed E-state index contributed by atoms with van der Waals surface area (Å²) in [6.07, 6.45) is 4.26. The molecule has 2 aliphatic carbocycles. The van der Waals surface area contributed by atoms with E-state index in [0.29, 0.717) is 6.42 Å². The van der Waals surface area contributed by atoms with E-state index >= 15 is 0 Å². The van der Waals surface area contributed by atoms with Crippen molar-refractivity contribution < 1.29 is 14.7 Å². The van der Waals surface area contributed by atoms with Crippen molar-refractivity contribution in [3.8, 4) is 5.75 Å². The van der Waals surface area contributed by atoms with Crippen LogP contribution in [0.3, 0.4) is 0 Å². The normalized spacial score (nSPS) is 33.3. The van der Waals surface area contributed by atoms with Gasteiger partial charge in [0.15, 0.2) is 5.78 Å². The number of carbonyl (C=O) groups is 2. The second-order valence-corrected chi connectivity index (χ2v) is 8.19. The molecule has 3 unspecified atom stereocenters. The molecule has 0 spiro atoms. The van der Waals surface area contributed by atoms with Crippen LogP contribution < -0.4 is 0 Å². The van der Waals surface area contributed by atoms with Crippen LogP contribution in [0.1, 0.15) is 80.8 Å². The number of Topliss-reactive ketones (excluding diaryl/α,β-unsaturated/α-hetero) is 1. The Balaban J connectivity index is 2.21. The molecule has 0 bridgehead atoms. The predicted octanol–water partition coefficient (Wildman–Crippen LogP) is 4.37. The zero-order valence-electron chi connectivity index (χ0n) is 14.5. The van der Waals surface area contributed by atoms with Crippen molar-refractivity contribution >= 4 is 12.1 Å². The molecule has 2 aliphatic rings. The van der Waals surface area contributed by atoms with Gasteiger partial charge in [-0.2, -0.15) is 0 Å². The van der Waals surface area contributed by atoms with Crippen molar-refractivity contribution in [1.82, 2.24) is 0 Å². The molecule has 1 saturated carbocycles. The van der Waals surface area contributed by atoms with E-state index in [0.717, 1.165) is 42.2 Å². The fourth-order valence-electron chi connectivity index (χ4n) is 4.90. The summed E-state index contributed by atoms with van der Waals surface area (Å²) in [5, 5.41) is 10.4. The Kier molecular flexibility index (Phi) is 3.66. The van der Waals surface area contributed by atoms with E-state index in [4.69, 9.17) is 0 Å². The number of fused-ring (bicyclic) bond motifs is 3. The molecule has 0 aromatic heterocycles. The van der Waals surface area contributed by atoms with Crippen LogP contribution in [0.2, 0.25) is 0 Å². The average Bonchev–Trinajstić information content (AvgIpc) is 2.49. The summed E-state index contributed by atoms with van der Waals surface area (Å²) < 4.78 is 0. The van der Waals surface area contributed by atoms with Gasteiger partial charge in [0.2, 0.25) is 0 Å². The number of aldehydes is 1. The molecule has 3 rings (SSSR count). The van der Waals surface area contributed by atoms with Gasteiger partial charge in [-0.15, -0.1) is 0 Å². The maximum absolute atomic E-state index is 12.8. The number of phenols is 1. The van der Waals surface area contributed by atoms with Gasteiger partial charge in [-0.25, -0.2) is 0 Å². The quantitative estimate of drug-likeness (QED) is 0.825. The Morgan fingerprint density at radius 2 is 1.96 bits per heavy atom. The van der Waals surface area contributed by atoms with Crippen LogP contribution in [0, 0.1) is 11.3 Å². The molecule has 1 N–H and O–H groups in total. The van der Waals surface area contributed by atoms with E-state index in [1.54, 1.807) is 6.07 Å². The molecular weight excluding hydrogens is 288 g/mol. The summed E-state index contributed by atoms with van der Waals surface area (Å²) in [5.41, 5.74) is 1.85. The van der Waals surface area contributed by atoms with Gasteiger partial charge in [0, 0.05) is 17.4 Å². The Bertz CT molecular complexity index is 676. The van der Waals surface area contributed by atoms with Gasteiger partial charge >= 0.3 is 0 Å². The van der Waals surface area contributed by atoms with Crippen LogP contribution >= 0.6 is 0 Å². The molecule has 124 valence electrons. The van der Waals surface area contributed by atoms with Gasteiger partial charge in [0.1, 0.15) is 12.0 Å². The molecule has 3 atom stereocenters. The average molecular weight is 314 g/mol. The first-order valence-electron chi connectivity index (χ1n) is 8.60. The highest BCUT2D eigenvalue weighted by atomic mass is 16.3. The zero-order chi connectivity index (χ0) is 17.0. The second kappa shape index (κ2) is 5.19. The molecule has 1 fully saturated rings. The fourth-order valence-corrected chi connectivity index (χ4v) is 4.90. The highest BCUT2D eigenvalue weighted by molar-refractivity contribution is 6.00. The largest absolute Gasteiger partial charge is 0.508 e. The van der Waals surface area contributed by atoms with Crippen molar-refractivity contribution in [2.24, 2.45) is 11.3 Å². The molecule has 0 radical (unpaired) electrons. The van der Waals surface area contributed by atoms with Gasteiger partial charge in [-0.3, -0.25) is 4.79 Å². The van der Waals surface area contributed by atoms with Crippen LogP contribution in [0.5, 0.6) is 5.75 Å². The summed E-state index contributed by atoms with van der Waals surface area (Å²) in [6, 6.07) is 3.68. The summed E-state index contributed by atoms with van der Waals surface area (Å²) >= 11 is 0. The first-order valence-corrected chi connectivity index (χ1v) is 8.60. The van der Waals surface area contributed by atoms with Crippen LogP contribution in [-0.2, 0) is 10.2 Å². The molecule has 0 saturated heterocycles. The molecule has 0 heterocycles. The number of hydrogen-bond donors (Lipinski definition) is 1. The van der Waals surface area contributed by atoms with Gasteiger partial charge < -0.3 is 9.90 Å². The smallest absolute Gasteiger partial charge is 0.163 e. The minimum Gasteiger partial charge on any atom is -0.508 e. The summed E-state index contributed by atoms with van der Waals surface area (Å²) in [7, 11) is 0. The Morgan fingerprint density at radius 3 is 2.57 bits per heavy atom. The lowest BCUT2D eigenvalue weighted by atomic mass is 9.50. The molecule has 0 aliphatic heterocycles. The SMILES string of the molecule is CC(C)c1cc2c(cc1O)C1(C)CCCC(C)(C=O)C1CC2=O. The van der Waals surface area contributed by atoms with Crippen LogP contribution in [-0.4, -0.2) is 17.2 Å². The number of carbonyl (C=O) groups excluding carboxylic acids is 2. The van der Waals surface area contributed by atoms with Crippen LogP contribution in [0.25, 0.3) is 0 Å². The van der Waals surface area contributed by atoms with E-state index in [-0.39, 0.29) is 28.8 Å². The van der Waals surface area contributed by atoms with E-state index in [2.05, 4.69) is 6.92 Å². The summed E-state index contributed by atoms with van der Waals surface area (Å²) in [5.74, 6) is 0.571. The number of phenolic OH excluding ortho intramolecular Hbond substituents is 1. The third-order valence-electron chi connectivity index (χ3n) is 6.34. The van der Waals surface area contributed by atoms with Gasteiger partial charge in [-0.05, 0) is 53.4 Å². The van der Waals surface area contributed by atoms with Gasteiger partial charge in [-0.1, -0.05) is 34.1 Å². The molecule has 3 nitrogen and oxygen atoms in total. The standard InChI is InChI=1S/C20H26O3/c1-12(2)13-8-14-15(9-16(13)22)20(4)7-5-6-19(3,11-21)18(20)10-17(14)23/h8-9,11-12,18,22H,5-7,10H2,1-4H3. The number of benzene rings is 1. The third-order valence-corrected chi connectivity index (χ3v) is 6.34. The highest BCUT2D eigenvalue weighted by Gasteiger charge is 2.53. The first kappa shape index (κ1) is 16.2. The molecule has 23 heavy (non-hydrogen) atoms. The molecule has 0 amide bonds. The fraction of sp³-hybridized carbons (Fsp3) is 0.600. The van der Waals surface area contributed by atoms with E-state index in [9.17, 15) is 14.7 Å². The number of hydrogen-bond acceptors (Lipinski definition) is 3. The lowest BCUT2D eigenvalue weighted by molar-refractivity contribution is -0.122. The van der Waals surface area contributed by atoms with E-state index in [1.807, 2.05) is 26.8 Å². The number of aromatic hydroxyl groups is 1. The van der Waals surface area contributed by atoms with Crippen LogP contribution in [0.15, 0.2) is 12.1 Å². The topological polar surface area (TPSA) is 54.4 Å². The molecule has 3 heteroatoms. The van der Waals surface area contributed by atoms with Crippen molar-refractivity contribution in [3.05, 3.63) is 28.8 Å².